The van der Waals surface area contributed by atoms with Crippen molar-refractivity contribution in [2.24, 2.45) is 5.92 Å². The Balaban J connectivity index is 2.69. The van der Waals surface area contributed by atoms with Crippen molar-refractivity contribution in [2.45, 2.75) is 37.0 Å². The number of sulfonamides is 1. The predicted octanol–water partition coefficient (Wildman–Crippen LogP) is 3.02. The van der Waals surface area contributed by atoms with Crippen LogP contribution in [0.1, 0.15) is 26.7 Å². The molecule has 1 aromatic carbocycles. The number of alkyl halides is 1. The van der Waals surface area contributed by atoms with E-state index in [-0.39, 0.29) is 16.8 Å². The molecule has 1 N–H and O–H groups in total. The molecule has 0 aliphatic carbocycles. The average molecular weight is 320 g/mol. The van der Waals surface area contributed by atoms with Crippen molar-refractivity contribution in [3.05, 3.63) is 24.3 Å². The number of hydrogen-bond donors (Lipinski definition) is 1. The number of nitrogens with one attached hydrogen (secondary N) is 1. The van der Waals surface area contributed by atoms with Gasteiger partial charge in [-0.15, -0.1) is 11.6 Å². The number of hydrogen-bond acceptors (Lipinski definition) is 3. The molecule has 0 aliphatic heterocycles. The van der Waals surface area contributed by atoms with E-state index in [1.54, 1.807) is 12.1 Å². The van der Waals surface area contributed by atoms with Crippen LogP contribution in [0.4, 0.5) is 0 Å². The first-order chi connectivity index (χ1) is 9.44. The zero-order valence-electron chi connectivity index (χ0n) is 12.1. The van der Waals surface area contributed by atoms with Gasteiger partial charge in [0.15, 0.2) is 0 Å². The summed E-state index contributed by atoms with van der Waals surface area (Å²) in [5.74, 6) is 0.937. The van der Waals surface area contributed by atoms with E-state index in [0.29, 0.717) is 11.7 Å². The van der Waals surface area contributed by atoms with Crippen LogP contribution < -0.4 is 9.46 Å². The van der Waals surface area contributed by atoms with Gasteiger partial charge in [-0.25, -0.2) is 13.1 Å². The third-order valence-corrected chi connectivity index (χ3v) is 5.35. The molecule has 0 saturated heterocycles. The molecule has 1 rings (SSSR count). The van der Waals surface area contributed by atoms with E-state index in [9.17, 15) is 8.42 Å². The Bertz CT molecular complexity index is 498. The van der Waals surface area contributed by atoms with Crippen LogP contribution in [-0.4, -0.2) is 27.4 Å². The van der Waals surface area contributed by atoms with E-state index >= 15 is 0 Å². The van der Waals surface area contributed by atoms with Gasteiger partial charge in [0.2, 0.25) is 10.0 Å². The first kappa shape index (κ1) is 17.3. The molecule has 1 unspecified atom stereocenters. The number of halogens is 1. The Morgan fingerprint density at radius 3 is 2.20 bits per heavy atom. The largest absolute Gasteiger partial charge is 0.497 e. The van der Waals surface area contributed by atoms with Gasteiger partial charge in [0.05, 0.1) is 12.0 Å². The zero-order valence-corrected chi connectivity index (χ0v) is 13.7. The highest BCUT2D eigenvalue weighted by Crippen LogP contribution is 2.19. The van der Waals surface area contributed by atoms with Gasteiger partial charge in [0.1, 0.15) is 5.75 Å². The fourth-order valence-corrected chi connectivity index (χ4v) is 3.58. The molecule has 6 heteroatoms. The maximum atomic E-state index is 12.1. The molecule has 0 bridgehead atoms. The standard InChI is InChI=1S/C14H22ClNO3S/c1-4-11(5-2)14(15)10-16-20(17,18)13-8-6-12(19-3)7-9-13/h6-9,11,14,16H,4-5,10H2,1-3H3. The smallest absolute Gasteiger partial charge is 0.240 e. The Labute approximate surface area is 126 Å². The second kappa shape index (κ2) is 7.86. The highest BCUT2D eigenvalue weighted by molar-refractivity contribution is 7.89. The van der Waals surface area contributed by atoms with Crippen molar-refractivity contribution in [3.63, 3.8) is 0 Å². The van der Waals surface area contributed by atoms with Crippen LogP contribution in [0.15, 0.2) is 29.2 Å². The van der Waals surface area contributed by atoms with Gasteiger partial charge in [0.25, 0.3) is 0 Å². The topological polar surface area (TPSA) is 55.4 Å². The van der Waals surface area contributed by atoms with E-state index in [1.165, 1.54) is 19.2 Å². The molecular formula is C14H22ClNO3S. The van der Waals surface area contributed by atoms with E-state index in [1.807, 2.05) is 0 Å². The van der Waals surface area contributed by atoms with E-state index < -0.39 is 10.0 Å². The highest BCUT2D eigenvalue weighted by atomic mass is 35.5. The van der Waals surface area contributed by atoms with Crippen LogP contribution in [0.25, 0.3) is 0 Å². The van der Waals surface area contributed by atoms with Crippen LogP contribution in [-0.2, 0) is 10.0 Å². The van der Waals surface area contributed by atoms with Gasteiger partial charge in [-0.3, -0.25) is 0 Å². The lowest BCUT2D eigenvalue weighted by atomic mass is 9.99. The molecule has 0 heterocycles. The van der Waals surface area contributed by atoms with Crippen molar-refractivity contribution in [2.75, 3.05) is 13.7 Å². The minimum atomic E-state index is -3.52. The van der Waals surface area contributed by atoms with Gasteiger partial charge in [-0.1, -0.05) is 26.7 Å². The summed E-state index contributed by atoms with van der Waals surface area (Å²) in [5, 5.41) is -0.196. The van der Waals surface area contributed by atoms with Gasteiger partial charge >= 0.3 is 0 Å². The summed E-state index contributed by atoms with van der Waals surface area (Å²) in [4.78, 5) is 0.215. The van der Waals surface area contributed by atoms with E-state index in [2.05, 4.69) is 18.6 Å². The Morgan fingerprint density at radius 1 is 1.20 bits per heavy atom. The SMILES string of the molecule is CCC(CC)C(Cl)CNS(=O)(=O)c1ccc(OC)cc1. The summed E-state index contributed by atoms with van der Waals surface area (Å²) < 4.78 is 31.8. The summed E-state index contributed by atoms with van der Waals surface area (Å²) in [6, 6.07) is 6.27. The molecule has 1 aromatic rings. The predicted molar refractivity (Wildman–Crippen MR) is 81.9 cm³/mol. The zero-order chi connectivity index (χ0) is 15.2. The molecule has 114 valence electrons. The fourth-order valence-electron chi connectivity index (χ4n) is 1.99. The second-order valence-electron chi connectivity index (χ2n) is 4.62. The maximum Gasteiger partial charge on any atom is 0.240 e. The lowest BCUT2D eigenvalue weighted by Gasteiger charge is -2.19. The molecule has 0 amide bonds. The van der Waals surface area contributed by atoms with Gasteiger partial charge in [-0.2, -0.15) is 0 Å². The van der Waals surface area contributed by atoms with Gasteiger partial charge in [0, 0.05) is 11.9 Å². The summed E-state index contributed by atoms with van der Waals surface area (Å²) in [5.41, 5.74) is 0. The van der Waals surface area contributed by atoms with Crippen LogP contribution in [0.5, 0.6) is 5.75 Å². The van der Waals surface area contributed by atoms with Crippen LogP contribution >= 0.6 is 11.6 Å². The molecule has 20 heavy (non-hydrogen) atoms. The normalized spacial score (nSPS) is 13.4. The van der Waals surface area contributed by atoms with Gasteiger partial charge < -0.3 is 4.74 Å². The van der Waals surface area contributed by atoms with Gasteiger partial charge in [-0.05, 0) is 30.2 Å². The Kier molecular flexibility index (Phi) is 6.79. The molecule has 0 spiro atoms. The van der Waals surface area contributed by atoms with Crippen molar-refractivity contribution < 1.29 is 13.2 Å². The van der Waals surface area contributed by atoms with Crippen molar-refractivity contribution in [3.8, 4) is 5.75 Å². The molecule has 1 atom stereocenters. The van der Waals surface area contributed by atoms with E-state index in [0.717, 1.165) is 12.8 Å². The fraction of sp³-hybridized carbons (Fsp3) is 0.571. The monoisotopic (exact) mass is 319 g/mol. The summed E-state index contributed by atoms with van der Waals surface area (Å²) >= 11 is 6.24. The molecule has 0 radical (unpaired) electrons. The van der Waals surface area contributed by atoms with Crippen LogP contribution in [0.2, 0.25) is 0 Å². The first-order valence-corrected chi connectivity index (χ1v) is 8.64. The van der Waals surface area contributed by atoms with Crippen LogP contribution in [0.3, 0.4) is 0 Å². The molecule has 0 aliphatic rings. The molecule has 0 aromatic heterocycles. The molecular weight excluding hydrogens is 298 g/mol. The Morgan fingerprint density at radius 2 is 1.75 bits per heavy atom. The summed E-state index contributed by atoms with van der Waals surface area (Å²) in [6.45, 7) is 4.35. The third kappa shape index (κ3) is 4.65. The number of rotatable bonds is 8. The van der Waals surface area contributed by atoms with E-state index in [4.69, 9.17) is 16.3 Å². The summed E-state index contributed by atoms with van der Waals surface area (Å²) in [7, 11) is -1.98. The first-order valence-electron chi connectivity index (χ1n) is 6.72. The highest BCUT2D eigenvalue weighted by Gasteiger charge is 2.20. The third-order valence-electron chi connectivity index (χ3n) is 3.40. The number of benzene rings is 1. The number of ether oxygens (including phenoxy) is 1. The number of methoxy groups -OCH3 is 1. The minimum Gasteiger partial charge on any atom is -0.497 e. The quantitative estimate of drug-likeness (QED) is 0.749. The minimum absolute atomic E-state index is 0.196. The van der Waals surface area contributed by atoms with Crippen molar-refractivity contribution >= 4 is 21.6 Å². The average Bonchev–Trinajstić information content (AvgIpc) is 2.46. The van der Waals surface area contributed by atoms with Crippen molar-refractivity contribution in [1.82, 2.24) is 4.72 Å². The lowest BCUT2D eigenvalue weighted by Crippen LogP contribution is -2.33. The van der Waals surface area contributed by atoms with Crippen molar-refractivity contribution in [1.29, 1.82) is 0 Å². The maximum absolute atomic E-state index is 12.1. The molecule has 0 saturated carbocycles. The van der Waals surface area contributed by atoms with Crippen LogP contribution in [0, 0.1) is 5.92 Å². The Hall–Kier alpha value is -0.780. The molecule has 0 fully saturated rings. The molecule has 4 nitrogen and oxygen atoms in total. The lowest BCUT2D eigenvalue weighted by molar-refractivity contribution is 0.414. The second-order valence-corrected chi connectivity index (χ2v) is 6.95. The summed E-state index contributed by atoms with van der Waals surface area (Å²) in [6.07, 6.45) is 1.88.